The molecule has 0 aliphatic carbocycles. The standard InChI is InChI=1S/C30H20N6O4S/c1-18-23-28(37)36(21-15-9-4-10-16-21)30(38)35(17-22-31-25(34-40-22)19-11-5-2-6-12-19)29(23)41-24(18)27-33-32-26(39-27)20-13-7-3-8-14-20/h2-16H,17H2,1H3. The van der Waals surface area contributed by atoms with Crippen LogP contribution < -0.4 is 11.2 Å². The highest BCUT2D eigenvalue weighted by atomic mass is 32.1. The summed E-state index contributed by atoms with van der Waals surface area (Å²) in [5, 5.41) is 12.9. The summed E-state index contributed by atoms with van der Waals surface area (Å²) in [6, 6.07) is 27.6. The van der Waals surface area contributed by atoms with E-state index in [1.807, 2.05) is 73.7 Å². The normalized spacial score (nSPS) is 11.3. The van der Waals surface area contributed by atoms with E-state index in [-0.39, 0.29) is 18.3 Å². The van der Waals surface area contributed by atoms with Gasteiger partial charge in [-0.1, -0.05) is 71.9 Å². The van der Waals surface area contributed by atoms with E-state index in [1.54, 1.807) is 24.3 Å². The van der Waals surface area contributed by atoms with Gasteiger partial charge in [-0.25, -0.2) is 9.36 Å². The van der Waals surface area contributed by atoms with Crippen LogP contribution in [0.4, 0.5) is 0 Å². The molecule has 4 aromatic heterocycles. The van der Waals surface area contributed by atoms with E-state index in [4.69, 9.17) is 8.94 Å². The smallest absolute Gasteiger partial charge is 0.337 e. The maximum absolute atomic E-state index is 13.9. The van der Waals surface area contributed by atoms with E-state index >= 15 is 0 Å². The first-order valence-corrected chi connectivity index (χ1v) is 13.5. The van der Waals surface area contributed by atoms with Gasteiger partial charge in [0, 0.05) is 11.1 Å². The number of hydrogen-bond donors (Lipinski definition) is 0. The van der Waals surface area contributed by atoms with Crippen molar-refractivity contribution in [1.29, 1.82) is 0 Å². The lowest BCUT2D eigenvalue weighted by atomic mass is 10.2. The average molecular weight is 561 g/mol. The predicted octanol–water partition coefficient (Wildman–Crippen LogP) is 5.34. The van der Waals surface area contributed by atoms with Crippen LogP contribution in [0.5, 0.6) is 0 Å². The van der Waals surface area contributed by atoms with Crippen molar-refractivity contribution in [2.45, 2.75) is 13.5 Å². The number of benzene rings is 3. The molecule has 200 valence electrons. The summed E-state index contributed by atoms with van der Waals surface area (Å²) >= 11 is 1.23. The molecule has 7 aromatic rings. The Morgan fingerprint density at radius 2 is 1.44 bits per heavy atom. The van der Waals surface area contributed by atoms with Crippen LogP contribution in [0.2, 0.25) is 0 Å². The van der Waals surface area contributed by atoms with E-state index in [1.165, 1.54) is 15.9 Å². The van der Waals surface area contributed by atoms with Gasteiger partial charge in [0.15, 0.2) is 0 Å². The fraction of sp³-hybridized carbons (Fsp3) is 0.0667. The molecule has 0 bridgehead atoms. The zero-order valence-corrected chi connectivity index (χ0v) is 22.4. The highest BCUT2D eigenvalue weighted by Gasteiger charge is 2.25. The van der Waals surface area contributed by atoms with Crippen molar-refractivity contribution in [3.05, 3.63) is 123 Å². The number of para-hydroxylation sites is 1. The highest BCUT2D eigenvalue weighted by Crippen LogP contribution is 2.37. The van der Waals surface area contributed by atoms with Crippen LogP contribution in [0.3, 0.4) is 0 Å². The maximum atomic E-state index is 13.9. The van der Waals surface area contributed by atoms with E-state index < -0.39 is 11.2 Å². The monoisotopic (exact) mass is 560 g/mol. The SMILES string of the molecule is Cc1c(-c2nnc(-c3ccccc3)o2)sc2c1c(=O)n(-c1ccccc1)c(=O)n2Cc1nc(-c2ccccc2)no1. The van der Waals surface area contributed by atoms with Crippen LogP contribution in [0, 0.1) is 6.92 Å². The van der Waals surface area contributed by atoms with E-state index in [0.717, 1.165) is 15.7 Å². The fourth-order valence-electron chi connectivity index (χ4n) is 4.67. The lowest BCUT2D eigenvalue weighted by molar-refractivity contribution is 0.370. The molecule has 0 radical (unpaired) electrons. The molecule has 0 aliphatic rings. The second-order valence-electron chi connectivity index (χ2n) is 9.24. The number of rotatable bonds is 6. The lowest BCUT2D eigenvalue weighted by Crippen LogP contribution is -2.38. The van der Waals surface area contributed by atoms with Gasteiger partial charge < -0.3 is 8.94 Å². The maximum Gasteiger partial charge on any atom is 0.337 e. The third kappa shape index (κ3) is 4.28. The van der Waals surface area contributed by atoms with Crippen molar-refractivity contribution in [3.63, 3.8) is 0 Å². The molecule has 0 N–H and O–H groups in total. The van der Waals surface area contributed by atoms with Gasteiger partial charge in [-0.05, 0) is 36.8 Å². The van der Waals surface area contributed by atoms with Crippen molar-refractivity contribution >= 4 is 21.6 Å². The van der Waals surface area contributed by atoms with Gasteiger partial charge >= 0.3 is 5.69 Å². The molecule has 4 heterocycles. The first-order chi connectivity index (χ1) is 20.1. The molecule has 41 heavy (non-hydrogen) atoms. The van der Waals surface area contributed by atoms with Crippen LogP contribution in [0.15, 0.2) is 110 Å². The number of thiophene rings is 1. The van der Waals surface area contributed by atoms with Crippen LogP contribution in [0.1, 0.15) is 11.5 Å². The van der Waals surface area contributed by atoms with Gasteiger partial charge in [-0.15, -0.1) is 21.5 Å². The lowest BCUT2D eigenvalue weighted by Gasteiger charge is -2.10. The predicted molar refractivity (Wildman–Crippen MR) is 154 cm³/mol. The van der Waals surface area contributed by atoms with Crippen LogP contribution in [-0.4, -0.2) is 29.5 Å². The molecule has 7 rings (SSSR count). The van der Waals surface area contributed by atoms with Crippen molar-refractivity contribution < 1.29 is 8.94 Å². The topological polar surface area (TPSA) is 122 Å². The number of fused-ring (bicyclic) bond motifs is 1. The molecule has 10 nitrogen and oxygen atoms in total. The van der Waals surface area contributed by atoms with Gasteiger partial charge in [0.25, 0.3) is 11.4 Å². The molecule has 0 fully saturated rings. The summed E-state index contributed by atoms with van der Waals surface area (Å²) in [5.74, 6) is 1.25. The van der Waals surface area contributed by atoms with E-state index in [2.05, 4.69) is 20.3 Å². The Kier molecular flexibility index (Phi) is 5.98. The number of aryl methyl sites for hydroxylation is 1. The number of hydrogen-bond acceptors (Lipinski definition) is 9. The fourth-order valence-corrected chi connectivity index (χ4v) is 5.88. The van der Waals surface area contributed by atoms with Crippen LogP contribution in [-0.2, 0) is 6.54 Å². The van der Waals surface area contributed by atoms with Crippen LogP contribution >= 0.6 is 11.3 Å². The molecule has 0 atom stereocenters. The van der Waals surface area contributed by atoms with Gasteiger partial charge in [0.1, 0.15) is 11.4 Å². The molecule has 11 heteroatoms. The van der Waals surface area contributed by atoms with Crippen molar-refractivity contribution in [2.24, 2.45) is 0 Å². The minimum absolute atomic E-state index is 0.0409. The Morgan fingerprint density at radius 1 is 0.805 bits per heavy atom. The zero-order valence-electron chi connectivity index (χ0n) is 21.6. The minimum atomic E-state index is -0.531. The molecule has 0 amide bonds. The van der Waals surface area contributed by atoms with E-state index in [9.17, 15) is 9.59 Å². The minimum Gasteiger partial charge on any atom is -0.415 e. The quantitative estimate of drug-likeness (QED) is 0.267. The van der Waals surface area contributed by atoms with Gasteiger partial charge in [0.2, 0.25) is 17.6 Å². The van der Waals surface area contributed by atoms with Gasteiger partial charge in [-0.3, -0.25) is 9.36 Å². The Balaban J connectivity index is 1.41. The van der Waals surface area contributed by atoms with Crippen molar-refractivity contribution in [1.82, 2.24) is 29.5 Å². The molecule has 3 aromatic carbocycles. The second kappa shape index (κ2) is 9.96. The van der Waals surface area contributed by atoms with Gasteiger partial charge in [0.05, 0.1) is 16.0 Å². The summed E-state index contributed by atoms with van der Waals surface area (Å²) in [5.41, 5.74) is 1.67. The highest BCUT2D eigenvalue weighted by molar-refractivity contribution is 7.22. The zero-order chi connectivity index (χ0) is 27.9. The Labute approximate surface area is 235 Å². The Bertz CT molecular complexity index is 2130. The molecular formula is C30H20N6O4S. The summed E-state index contributed by atoms with van der Waals surface area (Å²) in [6.07, 6.45) is 0. The summed E-state index contributed by atoms with van der Waals surface area (Å²) in [6.45, 7) is 1.77. The largest absolute Gasteiger partial charge is 0.415 e. The summed E-state index contributed by atoms with van der Waals surface area (Å²) < 4.78 is 14.2. The van der Waals surface area contributed by atoms with Crippen molar-refractivity contribution in [3.8, 4) is 39.3 Å². The third-order valence-corrected chi connectivity index (χ3v) is 7.96. The first kappa shape index (κ1) is 24.6. The Morgan fingerprint density at radius 3 is 2.15 bits per heavy atom. The summed E-state index contributed by atoms with van der Waals surface area (Å²) in [4.78, 5) is 33.4. The molecule has 0 saturated carbocycles. The third-order valence-electron chi connectivity index (χ3n) is 6.66. The molecule has 0 aliphatic heterocycles. The molecule has 0 spiro atoms. The molecular weight excluding hydrogens is 540 g/mol. The molecule has 0 unspecified atom stereocenters. The average Bonchev–Trinajstić information content (AvgIpc) is 3.76. The van der Waals surface area contributed by atoms with Gasteiger partial charge in [-0.2, -0.15) is 4.98 Å². The first-order valence-electron chi connectivity index (χ1n) is 12.7. The summed E-state index contributed by atoms with van der Waals surface area (Å²) in [7, 11) is 0. The molecule has 0 saturated heterocycles. The van der Waals surface area contributed by atoms with Crippen LogP contribution in [0.25, 0.3) is 49.5 Å². The number of aromatic nitrogens is 6. The number of nitrogens with zero attached hydrogens (tertiary/aromatic N) is 6. The van der Waals surface area contributed by atoms with Crippen molar-refractivity contribution in [2.75, 3.05) is 0 Å². The van der Waals surface area contributed by atoms with E-state index in [0.29, 0.717) is 38.1 Å². The Hall–Kier alpha value is -5.42. The second-order valence-corrected chi connectivity index (χ2v) is 10.2.